The molecule has 7 heteroatoms. The molecular formula is C19H28N4O3. The number of carbonyl (C=O) groups excluding carboxylic acids is 2. The summed E-state index contributed by atoms with van der Waals surface area (Å²) in [4.78, 5) is 26.2. The van der Waals surface area contributed by atoms with Crippen molar-refractivity contribution in [3.05, 3.63) is 24.3 Å². The Morgan fingerprint density at radius 2 is 1.96 bits per heavy atom. The zero-order valence-corrected chi connectivity index (χ0v) is 16.1. The van der Waals surface area contributed by atoms with Gasteiger partial charge in [0.2, 0.25) is 11.8 Å². The highest BCUT2D eigenvalue weighted by Crippen LogP contribution is 2.17. The molecule has 0 radical (unpaired) electrons. The average molecular weight is 360 g/mol. The van der Waals surface area contributed by atoms with Crippen LogP contribution in [0.3, 0.4) is 0 Å². The normalized spacial score (nSPS) is 13.0. The van der Waals surface area contributed by atoms with Crippen LogP contribution in [-0.4, -0.2) is 49.0 Å². The number of nitriles is 1. The minimum absolute atomic E-state index is 0.0251. The van der Waals surface area contributed by atoms with E-state index in [4.69, 9.17) is 4.74 Å². The summed E-state index contributed by atoms with van der Waals surface area (Å²) in [5.41, 5.74) is -0.300. The molecule has 26 heavy (non-hydrogen) atoms. The van der Waals surface area contributed by atoms with E-state index in [2.05, 4.69) is 16.7 Å². The fraction of sp³-hybridized carbons (Fsp3) is 0.526. The first kappa shape index (κ1) is 21.5. The van der Waals surface area contributed by atoms with Crippen LogP contribution in [0.5, 0.6) is 5.75 Å². The van der Waals surface area contributed by atoms with Crippen molar-refractivity contribution in [3.8, 4) is 11.8 Å². The summed E-state index contributed by atoms with van der Waals surface area (Å²) in [5.74, 6) is 0.125. The smallest absolute Gasteiger partial charge is 0.238 e. The Labute approximate surface area is 155 Å². The molecule has 7 nitrogen and oxygen atoms in total. The third-order valence-corrected chi connectivity index (χ3v) is 4.32. The topological polar surface area (TPSA) is 94.5 Å². The van der Waals surface area contributed by atoms with Crippen molar-refractivity contribution >= 4 is 17.5 Å². The van der Waals surface area contributed by atoms with Gasteiger partial charge in [0.1, 0.15) is 11.3 Å². The molecule has 2 N–H and O–H groups in total. The number of nitrogens with zero attached hydrogens (tertiary/aromatic N) is 2. The van der Waals surface area contributed by atoms with Crippen molar-refractivity contribution < 1.29 is 14.3 Å². The van der Waals surface area contributed by atoms with E-state index in [1.165, 1.54) is 0 Å². The highest BCUT2D eigenvalue weighted by molar-refractivity contribution is 5.92. The Hall–Kier alpha value is -2.59. The molecule has 0 bridgehead atoms. The summed E-state index contributed by atoms with van der Waals surface area (Å²) in [7, 11) is 1.56. The number of benzene rings is 1. The molecule has 0 saturated heterocycles. The molecule has 0 aromatic heterocycles. The molecule has 2 amide bonds. The van der Waals surface area contributed by atoms with Gasteiger partial charge in [0.25, 0.3) is 0 Å². The van der Waals surface area contributed by atoms with Gasteiger partial charge in [-0.05, 0) is 31.5 Å². The largest absolute Gasteiger partial charge is 0.497 e. The molecule has 142 valence electrons. The Balaban J connectivity index is 2.62. The molecule has 0 unspecified atom stereocenters. The molecule has 1 aromatic carbocycles. The van der Waals surface area contributed by atoms with E-state index in [1.54, 1.807) is 43.2 Å². The molecule has 1 atom stereocenters. The van der Waals surface area contributed by atoms with Gasteiger partial charge in [-0.25, -0.2) is 0 Å². The number of nitrogens with one attached hydrogen (secondary N) is 2. The van der Waals surface area contributed by atoms with E-state index in [1.807, 2.05) is 20.8 Å². The third-order valence-electron chi connectivity index (χ3n) is 4.32. The van der Waals surface area contributed by atoms with Gasteiger partial charge in [0.15, 0.2) is 0 Å². The highest BCUT2D eigenvalue weighted by Gasteiger charge is 2.30. The molecule has 0 fully saturated rings. The zero-order valence-electron chi connectivity index (χ0n) is 16.1. The van der Waals surface area contributed by atoms with Crippen molar-refractivity contribution in [2.24, 2.45) is 5.92 Å². The monoisotopic (exact) mass is 360 g/mol. The first-order chi connectivity index (χ1) is 12.2. The summed E-state index contributed by atoms with van der Waals surface area (Å²) in [5, 5.41) is 14.8. The number of anilines is 1. The Kier molecular flexibility index (Phi) is 8.07. The Morgan fingerprint density at radius 1 is 1.31 bits per heavy atom. The number of likely N-dealkylation sites (N-methyl/N-ethyl adjacent to an activating group) is 1. The van der Waals surface area contributed by atoms with Gasteiger partial charge in [0, 0.05) is 11.8 Å². The van der Waals surface area contributed by atoms with Gasteiger partial charge >= 0.3 is 0 Å². The van der Waals surface area contributed by atoms with Gasteiger partial charge < -0.3 is 15.4 Å². The summed E-state index contributed by atoms with van der Waals surface area (Å²) < 4.78 is 5.13. The number of amides is 2. The second-order valence-corrected chi connectivity index (χ2v) is 6.60. The van der Waals surface area contributed by atoms with Crippen molar-refractivity contribution in [1.82, 2.24) is 10.2 Å². The summed E-state index contributed by atoms with van der Waals surface area (Å²) in [6.07, 6.45) is 0. The van der Waals surface area contributed by atoms with Gasteiger partial charge in [0.05, 0.1) is 26.3 Å². The van der Waals surface area contributed by atoms with E-state index in [9.17, 15) is 14.9 Å². The predicted octanol–water partition coefficient (Wildman–Crippen LogP) is 2.01. The lowest BCUT2D eigenvalue weighted by Crippen LogP contribution is -2.52. The lowest BCUT2D eigenvalue weighted by molar-refractivity contribution is -0.124. The van der Waals surface area contributed by atoms with E-state index < -0.39 is 5.54 Å². The minimum atomic E-state index is -0.931. The molecule has 0 spiro atoms. The molecule has 0 saturated carbocycles. The standard InChI is InChI=1S/C19H28N4O3/c1-6-23(12-18(25)22-19(4,13-20)14(2)3)11-17(24)21-15-8-7-9-16(10-15)26-5/h7-10,14H,6,11-12H2,1-5H3,(H,21,24)(H,22,25)/t19-/m1/s1. The third kappa shape index (κ3) is 6.37. The van der Waals surface area contributed by atoms with Crippen LogP contribution >= 0.6 is 0 Å². The zero-order chi connectivity index (χ0) is 19.7. The highest BCUT2D eigenvalue weighted by atomic mass is 16.5. The first-order valence-electron chi connectivity index (χ1n) is 8.62. The van der Waals surface area contributed by atoms with Gasteiger partial charge in [-0.3, -0.25) is 14.5 Å². The lowest BCUT2D eigenvalue weighted by Gasteiger charge is -2.29. The van der Waals surface area contributed by atoms with Gasteiger partial charge in [-0.1, -0.05) is 26.8 Å². The van der Waals surface area contributed by atoms with Crippen LogP contribution in [0.15, 0.2) is 24.3 Å². The lowest BCUT2D eigenvalue weighted by atomic mass is 9.90. The van der Waals surface area contributed by atoms with Crippen molar-refractivity contribution in [3.63, 3.8) is 0 Å². The Morgan fingerprint density at radius 3 is 2.50 bits per heavy atom. The number of rotatable bonds is 9. The van der Waals surface area contributed by atoms with Gasteiger partial charge in [-0.2, -0.15) is 5.26 Å². The van der Waals surface area contributed by atoms with Crippen LogP contribution in [0.25, 0.3) is 0 Å². The van der Waals surface area contributed by atoms with Crippen LogP contribution in [-0.2, 0) is 9.59 Å². The fourth-order valence-corrected chi connectivity index (χ4v) is 2.22. The maximum atomic E-state index is 12.3. The molecular weight excluding hydrogens is 332 g/mol. The van der Waals surface area contributed by atoms with Crippen LogP contribution in [0.1, 0.15) is 27.7 Å². The number of methoxy groups -OCH3 is 1. The van der Waals surface area contributed by atoms with Crippen LogP contribution in [0.4, 0.5) is 5.69 Å². The molecule has 1 aromatic rings. The SMILES string of the molecule is CCN(CC(=O)Nc1cccc(OC)c1)CC(=O)N[C@](C)(C#N)C(C)C. The van der Waals surface area contributed by atoms with Crippen molar-refractivity contribution in [1.29, 1.82) is 5.26 Å². The summed E-state index contributed by atoms with van der Waals surface area (Å²) >= 11 is 0. The van der Waals surface area contributed by atoms with E-state index in [-0.39, 0.29) is 30.8 Å². The number of ether oxygens (including phenoxy) is 1. The Bertz CT molecular complexity index is 669. The fourth-order valence-electron chi connectivity index (χ4n) is 2.22. The predicted molar refractivity (Wildman–Crippen MR) is 101 cm³/mol. The van der Waals surface area contributed by atoms with Crippen LogP contribution in [0.2, 0.25) is 0 Å². The number of hydrogen-bond acceptors (Lipinski definition) is 5. The number of hydrogen-bond donors (Lipinski definition) is 2. The van der Waals surface area contributed by atoms with E-state index in [0.717, 1.165) is 0 Å². The van der Waals surface area contributed by atoms with E-state index >= 15 is 0 Å². The molecule has 0 aliphatic rings. The molecule has 0 heterocycles. The molecule has 0 aliphatic carbocycles. The maximum Gasteiger partial charge on any atom is 0.238 e. The van der Waals surface area contributed by atoms with Crippen molar-refractivity contribution in [2.75, 3.05) is 32.1 Å². The summed E-state index contributed by atoms with van der Waals surface area (Å²) in [6.45, 7) is 7.98. The van der Waals surface area contributed by atoms with Crippen LogP contribution < -0.4 is 15.4 Å². The average Bonchev–Trinajstić information content (AvgIpc) is 2.60. The quantitative estimate of drug-likeness (QED) is 0.702. The molecule has 1 rings (SSSR count). The van der Waals surface area contributed by atoms with Gasteiger partial charge in [-0.15, -0.1) is 0 Å². The maximum absolute atomic E-state index is 12.3. The summed E-state index contributed by atoms with van der Waals surface area (Å²) in [6, 6.07) is 9.21. The second kappa shape index (κ2) is 9.78. The van der Waals surface area contributed by atoms with E-state index in [0.29, 0.717) is 18.0 Å². The second-order valence-electron chi connectivity index (χ2n) is 6.60. The number of carbonyl (C=O) groups is 2. The van der Waals surface area contributed by atoms with Crippen molar-refractivity contribution in [2.45, 2.75) is 33.2 Å². The molecule has 0 aliphatic heterocycles. The minimum Gasteiger partial charge on any atom is -0.497 e. The first-order valence-corrected chi connectivity index (χ1v) is 8.62. The van der Waals surface area contributed by atoms with Crippen LogP contribution in [0, 0.1) is 17.2 Å².